The summed E-state index contributed by atoms with van der Waals surface area (Å²) in [6.45, 7) is 0.682. The van der Waals surface area contributed by atoms with Crippen molar-refractivity contribution in [1.29, 1.82) is 0 Å². The van der Waals surface area contributed by atoms with Gasteiger partial charge in [-0.25, -0.2) is 0 Å². The van der Waals surface area contributed by atoms with Gasteiger partial charge in [0.25, 0.3) is 0 Å². The number of carbonyl (C=O) groups is 1. The summed E-state index contributed by atoms with van der Waals surface area (Å²) in [4.78, 5) is 10.9. The second-order valence-electron chi connectivity index (χ2n) is 3.78. The second kappa shape index (κ2) is 7.01. The average Bonchev–Trinajstić information content (AvgIpc) is 2.31. The molecule has 0 radical (unpaired) electrons. The highest BCUT2D eigenvalue weighted by atomic mass is 16.5. The Morgan fingerprint density at radius 1 is 1.19 bits per heavy atom. The Labute approximate surface area is 96.6 Å². The van der Waals surface area contributed by atoms with Crippen molar-refractivity contribution in [2.75, 3.05) is 13.7 Å². The SMILES string of the molecule is COC(=O)CCCc1ccc(CCN)cc1. The Hall–Kier alpha value is -1.35. The Bertz CT molecular complexity index is 319. The summed E-state index contributed by atoms with van der Waals surface area (Å²) in [5, 5.41) is 0. The molecule has 3 nitrogen and oxygen atoms in total. The van der Waals surface area contributed by atoms with Crippen LogP contribution in [-0.2, 0) is 22.4 Å². The molecule has 0 atom stereocenters. The van der Waals surface area contributed by atoms with E-state index in [-0.39, 0.29) is 5.97 Å². The molecule has 0 aromatic heterocycles. The van der Waals surface area contributed by atoms with Crippen LogP contribution in [0.5, 0.6) is 0 Å². The molecule has 0 heterocycles. The third-order valence-corrected chi connectivity index (χ3v) is 2.53. The molecule has 0 spiro atoms. The number of hydrogen-bond acceptors (Lipinski definition) is 3. The Morgan fingerprint density at radius 2 is 1.75 bits per heavy atom. The normalized spacial score (nSPS) is 10.1. The lowest BCUT2D eigenvalue weighted by Crippen LogP contribution is -2.03. The van der Waals surface area contributed by atoms with Gasteiger partial charge in [-0.2, -0.15) is 0 Å². The molecule has 1 rings (SSSR count). The lowest BCUT2D eigenvalue weighted by atomic mass is 10.0. The molecular formula is C13H19NO2. The molecule has 2 N–H and O–H groups in total. The number of rotatable bonds is 6. The van der Waals surface area contributed by atoms with Crippen molar-refractivity contribution in [3.8, 4) is 0 Å². The van der Waals surface area contributed by atoms with E-state index in [0.29, 0.717) is 13.0 Å². The van der Waals surface area contributed by atoms with Gasteiger partial charge in [0, 0.05) is 6.42 Å². The van der Waals surface area contributed by atoms with Gasteiger partial charge < -0.3 is 10.5 Å². The predicted octanol–water partition coefficient (Wildman–Crippen LogP) is 1.68. The van der Waals surface area contributed by atoms with Crippen LogP contribution in [-0.4, -0.2) is 19.6 Å². The highest BCUT2D eigenvalue weighted by Crippen LogP contribution is 2.08. The summed E-state index contributed by atoms with van der Waals surface area (Å²) < 4.78 is 4.59. The highest BCUT2D eigenvalue weighted by molar-refractivity contribution is 5.69. The molecule has 0 aliphatic carbocycles. The minimum Gasteiger partial charge on any atom is -0.469 e. The van der Waals surface area contributed by atoms with Crippen molar-refractivity contribution < 1.29 is 9.53 Å². The lowest BCUT2D eigenvalue weighted by molar-refractivity contribution is -0.140. The molecule has 0 saturated heterocycles. The molecule has 0 bridgehead atoms. The van der Waals surface area contributed by atoms with Crippen LogP contribution in [0.1, 0.15) is 24.0 Å². The van der Waals surface area contributed by atoms with Gasteiger partial charge in [0.1, 0.15) is 0 Å². The molecule has 0 aliphatic heterocycles. The average molecular weight is 221 g/mol. The molecule has 1 aromatic carbocycles. The summed E-state index contributed by atoms with van der Waals surface area (Å²) >= 11 is 0. The smallest absolute Gasteiger partial charge is 0.305 e. The summed E-state index contributed by atoms with van der Waals surface area (Å²) in [5.41, 5.74) is 7.99. The van der Waals surface area contributed by atoms with Crippen LogP contribution in [0.4, 0.5) is 0 Å². The zero-order chi connectivity index (χ0) is 11.8. The molecule has 16 heavy (non-hydrogen) atoms. The third kappa shape index (κ3) is 4.45. The second-order valence-corrected chi connectivity index (χ2v) is 3.78. The number of methoxy groups -OCH3 is 1. The lowest BCUT2D eigenvalue weighted by Gasteiger charge is -2.03. The van der Waals surface area contributed by atoms with Crippen LogP contribution in [0, 0.1) is 0 Å². The van der Waals surface area contributed by atoms with Crippen molar-refractivity contribution in [2.24, 2.45) is 5.73 Å². The van der Waals surface area contributed by atoms with Crippen LogP contribution in [0.3, 0.4) is 0 Å². The van der Waals surface area contributed by atoms with Crippen molar-refractivity contribution in [1.82, 2.24) is 0 Å². The molecular weight excluding hydrogens is 202 g/mol. The first-order chi connectivity index (χ1) is 7.76. The van der Waals surface area contributed by atoms with E-state index >= 15 is 0 Å². The van der Waals surface area contributed by atoms with E-state index < -0.39 is 0 Å². The van der Waals surface area contributed by atoms with Crippen LogP contribution < -0.4 is 5.73 Å². The number of aryl methyl sites for hydroxylation is 1. The van der Waals surface area contributed by atoms with E-state index in [1.165, 1.54) is 18.2 Å². The first kappa shape index (κ1) is 12.7. The summed E-state index contributed by atoms with van der Waals surface area (Å²) in [7, 11) is 1.42. The zero-order valence-corrected chi connectivity index (χ0v) is 9.74. The summed E-state index contributed by atoms with van der Waals surface area (Å²) in [6.07, 6.45) is 3.16. The molecule has 88 valence electrons. The topological polar surface area (TPSA) is 52.3 Å². The summed E-state index contributed by atoms with van der Waals surface area (Å²) in [6, 6.07) is 8.39. The minimum absolute atomic E-state index is 0.139. The first-order valence-corrected chi connectivity index (χ1v) is 5.61. The number of nitrogens with two attached hydrogens (primary N) is 1. The van der Waals surface area contributed by atoms with Crippen molar-refractivity contribution in [3.63, 3.8) is 0 Å². The van der Waals surface area contributed by atoms with E-state index in [0.717, 1.165) is 19.3 Å². The van der Waals surface area contributed by atoms with Crippen LogP contribution in [0.2, 0.25) is 0 Å². The standard InChI is InChI=1S/C13H19NO2/c1-16-13(15)4-2-3-11-5-7-12(8-6-11)9-10-14/h5-8H,2-4,9-10,14H2,1H3. The molecule has 0 aliphatic rings. The van der Waals surface area contributed by atoms with Gasteiger partial charge >= 0.3 is 5.97 Å². The molecule has 0 saturated carbocycles. The van der Waals surface area contributed by atoms with Gasteiger partial charge in [-0.15, -0.1) is 0 Å². The first-order valence-electron chi connectivity index (χ1n) is 5.61. The quantitative estimate of drug-likeness (QED) is 0.744. The van der Waals surface area contributed by atoms with E-state index in [2.05, 4.69) is 29.0 Å². The molecule has 0 unspecified atom stereocenters. The maximum absolute atomic E-state index is 10.9. The molecule has 0 fully saturated rings. The van der Waals surface area contributed by atoms with Gasteiger partial charge in [0.15, 0.2) is 0 Å². The van der Waals surface area contributed by atoms with Gasteiger partial charge in [0.2, 0.25) is 0 Å². The molecule has 3 heteroatoms. The number of carbonyl (C=O) groups excluding carboxylic acids is 1. The van der Waals surface area contributed by atoms with Crippen molar-refractivity contribution in [3.05, 3.63) is 35.4 Å². The Balaban J connectivity index is 2.34. The van der Waals surface area contributed by atoms with Gasteiger partial charge in [-0.1, -0.05) is 24.3 Å². The maximum atomic E-state index is 10.9. The van der Waals surface area contributed by atoms with Crippen molar-refractivity contribution >= 4 is 5.97 Å². The monoisotopic (exact) mass is 221 g/mol. The third-order valence-electron chi connectivity index (χ3n) is 2.53. The zero-order valence-electron chi connectivity index (χ0n) is 9.74. The van der Waals surface area contributed by atoms with Crippen molar-refractivity contribution in [2.45, 2.75) is 25.7 Å². The number of benzene rings is 1. The Kier molecular flexibility index (Phi) is 5.57. The van der Waals surface area contributed by atoms with E-state index in [1.807, 2.05) is 0 Å². The maximum Gasteiger partial charge on any atom is 0.305 e. The minimum atomic E-state index is -0.139. The van der Waals surface area contributed by atoms with E-state index in [4.69, 9.17) is 5.73 Å². The van der Waals surface area contributed by atoms with Gasteiger partial charge in [-0.3, -0.25) is 4.79 Å². The fraction of sp³-hybridized carbons (Fsp3) is 0.462. The fourth-order valence-corrected chi connectivity index (χ4v) is 1.58. The van der Waals surface area contributed by atoms with E-state index in [1.54, 1.807) is 0 Å². The molecule has 0 amide bonds. The summed E-state index contributed by atoms with van der Waals surface area (Å²) in [5.74, 6) is -0.139. The van der Waals surface area contributed by atoms with Crippen LogP contribution in [0.25, 0.3) is 0 Å². The number of esters is 1. The number of ether oxygens (including phenoxy) is 1. The highest BCUT2D eigenvalue weighted by Gasteiger charge is 2.00. The molecule has 1 aromatic rings. The van der Waals surface area contributed by atoms with Gasteiger partial charge in [-0.05, 0) is 36.9 Å². The van der Waals surface area contributed by atoms with Crippen LogP contribution >= 0.6 is 0 Å². The largest absolute Gasteiger partial charge is 0.469 e. The van der Waals surface area contributed by atoms with E-state index in [9.17, 15) is 4.79 Å². The number of hydrogen-bond donors (Lipinski definition) is 1. The fourth-order valence-electron chi connectivity index (χ4n) is 1.58. The van der Waals surface area contributed by atoms with Crippen LogP contribution in [0.15, 0.2) is 24.3 Å². The predicted molar refractivity (Wildman–Crippen MR) is 64.2 cm³/mol. The Morgan fingerprint density at radius 3 is 2.25 bits per heavy atom. The van der Waals surface area contributed by atoms with Gasteiger partial charge in [0.05, 0.1) is 7.11 Å².